The van der Waals surface area contributed by atoms with Gasteiger partial charge in [-0.25, -0.2) is 18.5 Å². The molecule has 9 heteroatoms. The van der Waals surface area contributed by atoms with Crippen LogP contribution in [0, 0.1) is 0 Å². The lowest BCUT2D eigenvalue weighted by Crippen LogP contribution is -2.23. The molecule has 0 aliphatic heterocycles. The fourth-order valence-corrected chi connectivity index (χ4v) is 2.61. The molecule has 3 aromatic rings. The third-order valence-electron chi connectivity index (χ3n) is 3.27. The summed E-state index contributed by atoms with van der Waals surface area (Å²) in [5.74, 6) is -0.324. The molecular formula is C14H13N5O3S. The molecule has 0 atom stereocenters. The number of carbonyl (C=O) groups excluding carboxylic acids is 1. The van der Waals surface area contributed by atoms with Crippen molar-refractivity contribution in [3.8, 4) is 0 Å². The van der Waals surface area contributed by atoms with E-state index in [2.05, 4.69) is 15.3 Å². The molecule has 0 saturated heterocycles. The number of carbonyl (C=O) groups is 1. The van der Waals surface area contributed by atoms with Crippen molar-refractivity contribution in [3.63, 3.8) is 0 Å². The molecule has 3 rings (SSSR count). The number of rotatable bonds is 4. The first-order valence-corrected chi connectivity index (χ1v) is 8.17. The van der Waals surface area contributed by atoms with Crippen LogP contribution in [0.1, 0.15) is 16.1 Å². The maximum atomic E-state index is 12.1. The Morgan fingerprint density at radius 3 is 2.65 bits per heavy atom. The minimum atomic E-state index is -3.77. The van der Waals surface area contributed by atoms with E-state index in [1.165, 1.54) is 24.3 Å². The summed E-state index contributed by atoms with van der Waals surface area (Å²) in [6, 6.07) is 5.41. The highest BCUT2D eigenvalue weighted by Gasteiger charge is 2.11. The number of primary sulfonamides is 1. The Morgan fingerprint density at radius 2 is 1.96 bits per heavy atom. The highest BCUT2D eigenvalue weighted by molar-refractivity contribution is 7.89. The van der Waals surface area contributed by atoms with Crippen LogP contribution in [0.3, 0.4) is 0 Å². The summed E-state index contributed by atoms with van der Waals surface area (Å²) in [7, 11) is -3.77. The van der Waals surface area contributed by atoms with Gasteiger partial charge in [0.2, 0.25) is 10.0 Å². The summed E-state index contributed by atoms with van der Waals surface area (Å²) in [4.78, 5) is 20.2. The third kappa shape index (κ3) is 3.20. The van der Waals surface area contributed by atoms with Gasteiger partial charge in [0.25, 0.3) is 5.91 Å². The van der Waals surface area contributed by atoms with Gasteiger partial charge in [0.1, 0.15) is 0 Å². The second-order valence-corrected chi connectivity index (χ2v) is 6.37. The van der Waals surface area contributed by atoms with Gasteiger partial charge in [-0.1, -0.05) is 0 Å². The number of benzene rings is 1. The maximum Gasteiger partial charge on any atom is 0.251 e. The number of sulfonamides is 1. The lowest BCUT2D eigenvalue weighted by Gasteiger charge is -2.06. The minimum absolute atomic E-state index is 0.0386. The van der Waals surface area contributed by atoms with Gasteiger partial charge < -0.3 is 5.32 Å². The molecule has 8 nitrogen and oxygen atoms in total. The van der Waals surface area contributed by atoms with Crippen molar-refractivity contribution in [1.82, 2.24) is 19.7 Å². The molecule has 118 valence electrons. The standard InChI is InChI=1S/C14H13N5O3S/c15-23(21,22)12-3-1-10(2-4-12)14(20)18-8-11-7-17-13-9-16-5-6-19(11)13/h1-7,9H,8H2,(H,18,20)(H2,15,21,22). The van der Waals surface area contributed by atoms with Gasteiger partial charge in [-0.2, -0.15) is 0 Å². The lowest BCUT2D eigenvalue weighted by molar-refractivity contribution is 0.0950. The molecule has 0 spiro atoms. The van der Waals surface area contributed by atoms with Crippen LogP contribution in [-0.4, -0.2) is 28.7 Å². The lowest BCUT2D eigenvalue weighted by atomic mass is 10.2. The summed E-state index contributed by atoms with van der Waals surface area (Å²) in [5, 5.41) is 7.77. The Morgan fingerprint density at radius 1 is 1.22 bits per heavy atom. The van der Waals surface area contributed by atoms with Crippen LogP contribution < -0.4 is 10.5 Å². The van der Waals surface area contributed by atoms with Crippen LogP contribution in [0.25, 0.3) is 5.65 Å². The van der Waals surface area contributed by atoms with E-state index in [9.17, 15) is 13.2 Å². The molecule has 1 aromatic carbocycles. The second-order valence-electron chi connectivity index (χ2n) is 4.81. The van der Waals surface area contributed by atoms with Crippen molar-refractivity contribution in [1.29, 1.82) is 0 Å². The Labute approximate surface area is 132 Å². The van der Waals surface area contributed by atoms with Crippen LogP contribution in [0.4, 0.5) is 0 Å². The highest BCUT2D eigenvalue weighted by Crippen LogP contribution is 2.09. The Bertz CT molecular complexity index is 964. The average molecular weight is 331 g/mol. The predicted octanol–water partition coefficient (Wildman–Crippen LogP) is 0.307. The van der Waals surface area contributed by atoms with Crippen LogP contribution in [0.2, 0.25) is 0 Å². The zero-order valence-electron chi connectivity index (χ0n) is 11.9. The van der Waals surface area contributed by atoms with E-state index in [1.807, 2.05) is 4.40 Å². The molecule has 0 radical (unpaired) electrons. The van der Waals surface area contributed by atoms with E-state index in [-0.39, 0.29) is 17.3 Å². The van der Waals surface area contributed by atoms with Crippen molar-refractivity contribution < 1.29 is 13.2 Å². The molecule has 0 bridgehead atoms. The summed E-state index contributed by atoms with van der Waals surface area (Å²) >= 11 is 0. The van der Waals surface area contributed by atoms with E-state index >= 15 is 0 Å². The van der Waals surface area contributed by atoms with E-state index in [1.54, 1.807) is 24.8 Å². The van der Waals surface area contributed by atoms with Gasteiger partial charge in [-0.15, -0.1) is 0 Å². The Kier molecular flexibility index (Phi) is 3.80. The normalized spacial score (nSPS) is 11.5. The zero-order valence-corrected chi connectivity index (χ0v) is 12.7. The molecule has 0 aliphatic rings. The number of amides is 1. The van der Waals surface area contributed by atoms with E-state index < -0.39 is 10.0 Å². The van der Waals surface area contributed by atoms with E-state index in [0.29, 0.717) is 11.2 Å². The molecular weight excluding hydrogens is 318 g/mol. The van der Waals surface area contributed by atoms with Crippen molar-refractivity contribution >= 4 is 21.6 Å². The number of hydrogen-bond donors (Lipinski definition) is 2. The summed E-state index contributed by atoms with van der Waals surface area (Å²) in [6.07, 6.45) is 6.66. The van der Waals surface area contributed by atoms with E-state index in [4.69, 9.17) is 5.14 Å². The van der Waals surface area contributed by atoms with Crippen molar-refractivity contribution in [2.45, 2.75) is 11.4 Å². The SMILES string of the molecule is NS(=O)(=O)c1ccc(C(=O)NCc2cnc3cnccn23)cc1. The number of imidazole rings is 1. The van der Waals surface area contributed by atoms with Gasteiger partial charge in [-0.3, -0.25) is 14.2 Å². The average Bonchev–Trinajstić information content (AvgIpc) is 2.95. The molecule has 2 heterocycles. The first-order chi connectivity index (χ1) is 10.9. The van der Waals surface area contributed by atoms with Crippen LogP contribution in [0.5, 0.6) is 0 Å². The fourth-order valence-electron chi connectivity index (χ4n) is 2.09. The largest absolute Gasteiger partial charge is 0.346 e. The maximum absolute atomic E-state index is 12.1. The van der Waals surface area contributed by atoms with E-state index in [0.717, 1.165) is 5.69 Å². The van der Waals surface area contributed by atoms with Crippen molar-refractivity contribution in [3.05, 3.63) is 60.3 Å². The van der Waals surface area contributed by atoms with Gasteiger partial charge >= 0.3 is 0 Å². The molecule has 3 N–H and O–H groups in total. The summed E-state index contributed by atoms with van der Waals surface area (Å²) in [5.41, 5.74) is 1.83. The van der Waals surface area contributed by atoms with Crippen molar-refractivity contribution in [2.24, 2.45) is 5.14 Å². The molecule has 0 saturated carbocycles. The number of fused-ring (bicyclic) bond motifs is 1. The number of hydrogen-bond acceptors (Lipinski definition) is 5. The van der Waals surface area contributed by atoms with Crippen LogP contribution in [0.15, 0.2) is 53.9 Å². The fraction of sp³-hybridized carbons (Fsp3) is 0.0714. The predicted molar refractivity (Wildman–Crippen MR) is 82.0 cm³/mol. The van der Waals surface area contributed by atoms with Gasteiger partial charge in [-0.05, 0) is 24.3 Å². The molecule has 2 aromatic heterocycles. The zero-order chi connectivity index (χ0) is 16.4. The third-order valence-corrected chi connectivity index (χ3v) is 4.20. The Balaban J connectivity index is 1.72. The highest BCUT2D eigenvalue weighted by atomic mass is 32.2. The quantitative estimate of drug-likeness (QED) is 0.713. The number of nitrogens with one attached hydrogen (secondary N) is 1. The first kappa shape index (κ1) is 15.1. The number of aromatic nitrogens is 3. The Hall–Kier alpha value is -2.78. The summed E-state index contributed by atoms with van der Waals surface area (Å²) in [6.45, 7) is 0.279. The molecule has 0 aliphatic carbocycles. The van der Waals surface area contributed by atoms with Crippen molar-refractivity contribution in [2.75, 3.05) is 0 Å². The molecule has 0 fully saturated rings. The van der Waals surface area contributed by atoms with Crippen LogP contribution >= 0.6 is 0 Å². The van der Waals surface area contributed by atoms with Crippen LogP contribution in [-0.2, 0) is 16.6 Å². The second kappa shape index (κ2) is 5.78. The smallest absolute Gasteiger partial charge is 0.251 e. The summed E-state index contributed by atoms with van der Waals surface area (Å²) < 4.78 is 24.2. The molecule has 0 unspecified atom stereocenters. The molecule has 23 heavy (non-hydrogen) atoms. The van der Waals surface area contributed by atoms with Gasteiger partial charge in [0.15, 0.2) is 5.65 Å². The monoisotopic (exact) mass is 331 g/mol. The van der Waals surface area contributed by atoms with Gasteiger partial charge in [0.05, 0.1) is 29.5 Å². The number of nitrogens with two attached hydrogens (primary N) is 1. The first-order valence-electron chi connectivity index (χ1n) is 6.62. The number of nitrogens with zero attached hydrogens (tertiary/aromatic N) is 3. The topological polar surface area (TPSA) is 119 Å². The van der Waals surface area contributed by atoms with Gasteiger partial charge in [0, 0.05) is 18.0 Å². The minimum Gasteiger partial charge on any atom is -0.346 e. The molecule has 1 amide bonds.